The van der Waals surface area contributed by atoms with Gasteiger partial charge in [-0.05, 0) is 74.4 Å². The summed E-state index contributed by atoms with van der Waals surface area (Å²) in [5.74, 6) is 2.40. The van der Waals surface area contributed by atoms with Crippen molar-refractivity contribution in [2.75, 3.05) is 20.8 Å². The third kappa shape index (κ3) is 6.01. The van der Waals surface area contributed by atoms with Crippen molar-refractivity contribution in [3.8, 4) is 17.2 Å². The Balaban J connectivity index is 0.00000272. The molecule has 1 heterocycles. The number of carbonyl (C=O) groups excluding carboxylic acids is 2. The van der Waals surface area contributed by atoms with E-state index in [2.05, 4.69) is 26.1 Å². The van der Waals surface area contributed by atoms with Crippen LogP contribution in [0, 0.1) is 20.8 Å². The fourth-order valence-corrected chi connectivity index (χ4v) is 4.80. The molecule has 2 aromatic rings. The molecule has 8 heteroatoms. The minimum atomic E-state index is -0.354. The number of carbonyl (C=O) groups is 2. The first-order valence-corrected chi connectivity index (χ1v) is 11.2. The summed E-state index contributed by atoms with van der Waals surface area (Å²) in [5, 5.41) is 1.69. The molecule has 0 aromatic heterocycles. The molecule has 1 atom stereocenters. The van der Waals surface area contributed by atoms with Crippen LogP contribution < -0.4 is 49.1 Å². The summed E-state index contributed by atoms with van der Waals surface area (Å²) in [7, 11) is 3.41. The predicted octanol–water partition coefficient (Wildman–Crippen LogP) is 1.65. The third-order valence-corrected chi connectivity index (χ3v) is 6.65. The zero-order valence-corrected chi connectivity index (χ0v) is 22.5. The molecule has 1 fully saturated rings. The summed E-state index contributed by atoms with van der Waals surface area (Å²) in [4.78, 5) is 23.0. The summed E-state index contributed by atoms with van der Waals surface area (Å²) in [5.41, 5.74) is 5.47. The predicted molar refractivity (Wildman–Crippen MR) is 124 cm³/mol. The maximum Gasteiger partial charge on any atom is 1.00 e. The molecule has 1 aliphatic heterocycles. The van der Waals surface area contributed by atoms with Gasteiger partial charge in [-0.3, -0.25) is 14.9 Å². The summed E-state index contributed by atoms with van der Waals surface area (Å²) < 4.78 is 17.2. The molecule has 2 aromatic carbocycles. The third-order valence-electron chi connectivity index (χ3n) is 5.67. The van der Waals surface area contributed by atoms with Crippen LogP contribution in [0.5, 0.6) is 17.2 Å². The number of imide groups is 1. The van der Waals surface area contributed by atoms with Gasteiger partial charge in [0.05, 0.1) is 26.1 Å². The first kappa shape index (κ1) is 26.6. The Hall–Kier alpha value is -1.67. The fraction of sp³-hybridized carbons (Fsp3) is 0.417. The molecule has 3 rings (SSSR count). The van der Waals surface area contributed by atoms with E-state index in [1.165, 1.54) is 0 Å². The SMILES string of the molecule is COc1c(C)c(C)c(OC)c(CCCOc2ccc(CC3SC(=O)NC3=O)cc2)c1C.[H-].[Na+]. The maximum absolute atomic E-state index is 11.7. The molecule has 0 aliphatic carbocycles. The number of nitrogens with one attached hydrogen (secondary N) is 1. The summed E-state index contributed by atoms with van der Waals surface area (Å²) in [6.07, 6.45) is 2.19. The van der Waals surface area contributed by atoms with E-state index in [1.807, 2.05) is 24.3 Å². The van der Waals surface area contributed by atoms with Gasteiger partial charge in [0, 0.05) is 5.56 Å². The monoisotopic (exact) mass is 467 g/mol. The van der Waals surface area contributed by atoms with Crippen molar-refractivity contribution in [3.63, 3.8) is 0 Å². The van der Waals surface area contributed by atoms with Crippen LogP contribution in [0.15, 0.2) is 24.3 Å². The number of rotatable bonds is 9. The van der Waals surface area contributed by atoms with Gasteiger partial charge >= 0.3 is 29.6 Å². The van der Waals surface area contributed by atoms with E-state index in [1.54, 1.807) is 14.2 Å². The van der Waals surface area contributed by atoms with Crippen LogP contribution >= 0.6 is 11.8 Å². The van der Waals surface area contributed by atoms with Crippen molar-refractivity contribution < 1.29 is 54.8 Å². The van der Waals surface area contributed by atoms with E-state index >= 15 is 0 Å². The van der Waals surface area contributed by atoms with Gasteiger partial charge in [0.25, 0.3) is 5.24 Å². The second-order valence-electron chi connectivity index (χ2n) is 7.60. The van der Waals surface area contributed by atoms with Crippen molar-refractivity contribution in [2.45, 2.75) is 45.3 Å². The number of methoxy groups -OCH3 is 2. The van der Waals surface area contributed by atoms with Crippen LogP contribution in [-0.4, -0.2) is 37.2 Å². The summed E-state index contributed by atoms with van der Waals surface area (Å²) in [6.45, 7) is 6.75. The summed E-state index contributed by atoms with van der Waals surface area (Å²) >= 11 is 1.05. The number of amides is 2. The van der Waals surface area contributed by atoms with E-state index in [0.29, 0.717) is 13.0 Å². The van der Waals surface area contributed by atoms with Gasteiger partial charge in [0.2, 0.25) is 5.91 Å². The van der Waals surface area contributed by atoms with Crippen LogP contribution in [-0.2, 0) is 17.6 Å². The summed E-state index contributed by atoms with van der Waals surface area (Å²) in [6, 6.07) is 7.68. The van der Waals surface area contributed by atoms with Gasteiger partial charge in [-0.2, -0.15) is 0 Å². The molecule has 0 radical (unpaired) electrons. The molecule has 168 valence electrons. The minimum absolute atomic E-state index is 0. The second kappa shape index (κ2) is 12.0. The Kier molecular flexibility index (Phi) is 9.95. The first-order chi connectivity index (χ1) is 14.8. The zero-order chi connectivity index (χ0) is 22.5. The van der Waals surface area contributed by atoms with Crippen LogP contribution in [0.3, 0.4) is 0 Å². The number of hydrogen-bond acceptors (Lipinski definition) is 6. The fourth-order valence-electron chi connectivity index (χ4n) is 3.94. The molecule has 0 bridgehead atoms. The average Bonchev–Trinajstić information content (AvgIpc) is 3.07. The first-order valence-electron chi connectivity index (χ1n) is 10.3. The van der Waals surface area contributed by atoms with E-state index < -0.39 is 0 Å². The molecule has 1 aliphatic rings. The largest absolute Gasteiger partial charge is 1.00 e. The smallest absolute Gasteiger partial charge is 1.00 e. The Labute approximate surface area is 217 Å². The number of benzene rings is 2. The molecular weight excluding hydrogens is 437 g/mol. The molecule has 6 nitrogen and oxygen atoms in total. The van der Waals surface area contributed by atoms with Gasteiger partial charge in [0.15, 0.2) is 0 Å². The number of thioether (sulfide) groups is 1. The minimum Gasteiger partial charge on any atom is -1.00 e. The zero-order valence-electron chi connectivity index (χ0n) is 20.7. The molecule has 0 saturated carbocycles. The van der Waals surface area contributed by atoms with Gasteiger partial charge in [-0.25, -0.2) is 0 Å². The Morgan fingerprint density at radius 3 is 2.16 bits per heavy atom. The maximum atomic E-state index is 11.7. The topological polar surface area (TPSA) is 73.9 Å². The normalized spacial score (nSPS) is 15.2. The van der Waals surface area contributed by atoms with Crippen molar-refractivity contribution in [1.29, 1.82) is 0 Å². The molecule has 1 unspecified atom stereocenters. The van der Waals surface area contributed by atoms with Crippen molar-refractivity contribution in [3.05, 3.63) is 52.1 Å². The molecule has 32 heavy (non-hydrogen) atoms. The van der Waals surface area contributed by atoms with E-state index in [4.69, 9.17) is 14.2 Å². The molecule has 0 spiro atoms. The molecule has 2 amide bonds. The van der Waals surface area contributed by atoms with Gasteiger partial charge < -0.3 is 15.6 Å². The van der Waals surface area contributed by atoms with Crippen molar-refractivity contribution in [2.24, 2.45) is 0 Å². The van der Waals surface area contributed by atoms with Crippen molar-refractivity contribution >= 4 is 22.9 Å². The average molecular weight is 468 g/mol. The van der Waals surface area contributed by atoms with Crippen LogP contribution in [0.4, 0.5) is 4.79 Å². The van der Waals surface area contributed by atoms with Gasteiger partial charge in [-0.15, -0.1) is 0 Å². The van der Waals surface area contributed by atoms with Gasteiger partial charge in [-0.1, -0.05) is 23.9 Å². The Morgan fingerprint density at radius 1 is 0.969 bits per heavy atom. The Bertz CT molecular complexity index is 984. The molecule has 1 saturated heterocycles. The number of hydrogen-bond donors (Lipinski definition) is 1. The van der Waals surface area contributed by atoms with Crippen molar-refractivity contribution in [1.82, 2.24) is 5.32 Å². The van der Waals surface area contributed by atoms with Crippen LogP contribution in [0.1, 0.15) is 35.7 Å². The van der Waals surface area contributed by atoms with E-state index in [-0.39, 0.29) is 47.4 Å². The van der Waals surface area contributed by atoms with Crippen LogP contribution in [0.25, 0.3) is 0 Å². The molecule has 1 N–H and O–H groups in total. The van der Waals surface area contributed by atoms with E-state index in [9.17, 15) is 9.59 Å². The molecular formula is C24H30NNaO5S. The standard InChI is InChI=1S/C24H29NO5S.Na.H/c1-14-15(2)22(29-5)19(16(3)21(14)28-4)7-6-12-30-18-10-8-17(9-11-18)13-20-23(26)25-24(27)31-20;;/h8-11,20H,6-7,12-13H2,1-5H3,(H,25,26,27);;/q;+1;-1. The quantitative estimate of drug-likeness (QED) is 0.447. The van der Waals surface area contributed by atoms with Gasteiger partial charge in [0.1, 0.15) is 17.2 Å². The Morgan fingerprint density at radius 2 is 1.59 bits per heavy atom. The second-order valence-corrected chi connectivity index (χ2v) is 8.78. The number of ether oxygens (including phenoxy) is 3. The van der Waals surface area contributed by atoms with E-state index in [0.717, 1.165) is 69.7 Å². The van der Waals surface area contributed by atoms with Crippen LogP contribution in [0.2, 0.25) is 0 Å².